The number of nitrogens with zero attached hydrogens (tertiary/aromatic N) is 5. The van der Waals surface area contributed by atoms with Crippen molar-refractivity contribution in [3.63, 3.8) is 0 Å². The van der Waals surface area contributed by atoms with Gasteiger partial charge in [0.15, 0.2) is 12.2 Å². The number of likely N-dealkylation sites (N-methyl/N-ethyl adjacent to an activating group) is 1. The molecule has 0 bridgehead atoms. The van der Waals surface area contributed by atoms with E-state index in [2.05, 4.69) is 18.2 Å². The van der Waals surface area contributed by atoms with E-state index in [9.17, 15) is 14.4 Å². The van der Waals surface area contributed by atoms with Crippen molar-refractivity contribution in [3.8, 4) is 0 Å². The van der Waals surface area contributed by atoms with Gasteiger partial charge >= 0.3 is 6.03 Å². The van der Waals surface area contributed by atoms with E-state index in [0.29, 0.717) is 5.96 Å². The number of guanidine groups is 1. The van der Waals surface area contributed by atoms with E-state index in [0.717, 1.165) is 27.4 Å². The van der Waals surface area contributed by atoms with Crippen LogP contribution in [0.2, 0.25) is 0 Å². The third kappa shape index (κ3) is 2.59. The van der Waals surface area contributed by atoms with Gasteiger partial charge in [0.05, 0.1) is 6.54 Å². The fourth-order valence-electron chi connectivity index (χ4n) is 4.12. The first kappa shape index (κ1) is 18.2. The summed E-state index contributed by atoms with van der Waals surface area (Å²) in [7, 11) is 1.61. The number of imide groups is 1. The predicted octanol–water partition coefficient (Wildman–Crippen LogP) is 1.83. The molecule has 4 rings (SSSR count). The Bertz CT molecular complexity index is 946. The monoisotopic (exact) mass is 381 g/mol. The van der Waals surface area contributed by atoms with E-state index in [-0.39, 0.29) is 12.3 Å². The molecule has 8 nitrogen and oxygen atoms in total. The number of Topliss-reactive ketones (excluding diaryl/α,β-unsaturated/α-hetero) is 1. The second kappa shape index (κ2) is 6.19. The average molecular weight is 381 g/mol. The molecule has 3 aliphatic rings. The predicted molar refractivity (Wildman–Crippen MR) is 105 cm³/mol. The summed E-state index contributed by atoms with van der Waals surface area (Å²) in [5.74, 6) is -0.0127. The zero-order valence-electron chi connectivity index (χ0n) is 16.6. The van der Waals surface area contributed by atoms with Crippen LogP contribution in [0.15, 0.2) is 35.1 Å². The van der Waals surface area contributed by atoms with Crippen LogP contribution in [0.5, 0.6) is 0 Å². The Morgan fingerprint density at radius 2 is 1.75 bits per heavy atom. The zero-order valence-corrected chi connectivity index (χ0v) is 16.6. The molecule has 3 aliphatic heterocycles. The standard InChI is InChI=1S/C20H23N5O3/c1-11-6-12(2)8-15(7-11)25-13(3)9-23-16-17(21-19(23)25)22(5)20(28)24(18(16)27)10-14(4)26/h6-9,16-17H,10H2,1-5H3. The van der Waals surface area contributed by atoms with Gasteiger partial charge in [-0.15, -0.1) is 0 Å². The van der Waals surface area contributed by atoms with Crippen LogP contribution in [-0.2, 0) is 9.59 Å². The highest BCUT2D eigenvalue weighted by Gasteiger charge is 2.54. The van der Waals surface area contributed by atoms with Crippen molar-refractivity contribution in [2.75, 3.05) is 18.5 Å². The van der Waals surface area contributed by atoms with Crippen LogP contribution in [0.25, 0.3) is 0 Å². The summed E-state index contributed by atoms with van der Waals surface area (Å²) in [5, 5.41) is 0. The SMILES string of the molecule is CC(=O)CN1C(=O)C2C(N=C3N(c4cc(C)cc(C)c4)C(C)=CN32)N(C)C1=O. The van der Waals surface area contributed by atoms with Crippen LogP contribution < -0.4 is 4.90 Å². The quantitative estimate of drug-likeness (QED) is 0.798. The van der Waals surface area contributed by atoms with Crippen molar-refractivity contribution in [3.05, 3.63) is 41.2 Å². The van der Waals surface area contributed by atoms with Gasteiger partial charge < -0.3 is 9.80 Å². The van der Waals surface area contributed by atoms with Gasteiger partial charge in [-0.25, -0.2) is 9.79 Å². The molecule has 146 valence electrons. The van der Waals surface area contributed by atoms with Crippen molar-refractivity contribution in [2.45, 2.75) is 39.9 Å². The third-order valence-electron chi connectivity index (χ3n) is 5.23. The molecule has 3 heterocycles. The van der Waals surface area contributed by atoms with E-state index in [1.54, 1.807) is 7.05 Å². The summed E-state index contributed by atoms with van der Waals surface area (Å²) in [6.07, 6.45) is 1.27. The van der Waals surface area contributed by atoms with E-state index in [1.165, 1.54) is 11.8 Å². The minimum Gasteiger partial charge on any atom is -0.302 e. The number of allylic oxidation sites excluding steroid dienone is 1. The fourth-order valence-corrected chi connectivity index (χ4v) is 4.12. The number of rotatable bonds is 3. The molecule has 3 amide bonds. The molecular formula is C20H23N5O3. The molecule has 1 saturated heterocycles. The average Bonchev–Trinajstić information content (AvgIpc) is 3.10. The minimum absolute atomic E-state index is 0.224. The maximum absolute atomic E-state index is 13.1. The smallest absolute Gasteiger partial charge is 0.302 e. The highest BCUT2D eigenvalue weighted by molar-refractivity contribution is 6.10. The Labute approximate surface area is 163 Å². The molecule has 0 aromatic heterocycles. The summed E-state index contributed by atoms with van der Waals surface area (Å²) in [5.41, 5.74) is 4.17. The number of aliphatic imine (C=N–C) groups is 1. The van der Waals surface area contributed by atoms with Gasteiger partial charge in [-0.05, 0) is 51.0 Å². The second-order valence-corrected chi connectivity index (χ2v) is 7.67. The van der Waals surface area contributed by atoms with Crippen molar-refractivity contribution in [1.82, 2.24) is 14.7 Å². The van der Waals surface area contributed by atoms with Crippen molar-refractivity contribution < 1.29 is 14.4 Å². The first-order chi connectivity index (χ1) is 13.2. The number of hydrogen-bond donors (Lipinski definition) is 0. The molecule has 1 fully saturated rings. The summed E-state index contributed by atoms with van der Waals surface area (Å²) in [4.78, 5) is 48.2. The Morgan fingerprint density at radius 3 is 2.36 bits per heavy atom. The molecule has 0 saturated carbocycles. The lowest BCUT2D eigenvalue weighted by Crippen LogP contribution is -2.64. The number of anilines is 1. The molecule has 0 spiro atoms. The number of ketones is 1. The maximum Gasteiger partial charge on any atom is 0.328 e. The lowest BCUT2D eigenvalue weighted by atomic mass is 10.1. The largest absolute Gasteiger partial charge is 0.328 e. The summed E-state index contributed by atoms with van der Waals surface area (Å²) in [6, 6.07) is 5.07. The van der Waals surface area contributed by atoms with Gasteiger partial charge in [0, 0.05) is 24.6 Å². The van der Waals surface area contributed by atoms with Crippen LogP contribution in [0.1, 0.15) is 25.0 Å². The molecular weight excluding hydrogens is 358 g/mol. The lowest BCUT2D eigenvalue weighted by Gasteiger charge is -2.39. The van der Waals surface area contributed by atoms with Crippen molar-refractivity contribution >= 4 is 29.4 Å². The van der Waals surface area contributed by atoms with Crippen LogP contribution >= 0.6 is 0 Å². The van der Waals surface area contributed by atoms with Crippen LogP contribution in [0.3, 0.4) is 0 Å². The molecule has 0 aliphatic carbocycles. The highest BCUT2D eigenvalue weighted by atomic mass is 16.2. The molecule has 28 heavy (non-hydrogen) atoms. The van der Waals surface area contributed by atoms with Crippen LogP contribution in [-0.4, -0.2) is 64.2 Å². The Hall–Kier alpha value is -3.16. The topological polar surface area (TPSA) is 76.5 Å². The van der Waals surface area contributed by atoms with E-state index < -0.39 is 24.1 Å². The van der Waals surface area contributed by atoms with E-state index in [1.807, 2.05) is 36.8 Å². The highest BCUT2D eigenvalue weighted by Crippen LogP contribution is 2.36. The van der Waals surface area contributed by atoms with Gasteiger partial charge in [-0.3, -0.25) is 19.4 Å². The molecule has 0 N–H and O–H groups in total. The molecule has 1 aromatic carbocycles. The maximum atomic E-state index is 13.1. The number of aryl methyl sites for hydroxylation is 2. The first-order valence-corrected chi connectivity index (χ1v) is 9.19. The number of carbonyl (C=O) groups is 3. The minimum atomic E-state index is -0.664. The summed E-state index contributed by atoms with van der Waals surface area (Å²) >= 11 is 0. The Morgan fingerprint density at radius 1 is 1.11 bits per heavy atom. The lowest BCUT2D eigenvalue weighted by molar-refractivity contribution is -0.139. The van der Waals surface area contributed by atoms with Gasteiger partial charge in [0.1, 0.15) is 5.78 Å². The van der Waals surface area contributed by atoms with Gasteiger partial charge in [0.25, 0.3) is 5.91 Å². The first-order valence-electron chi connectivity index (χ1n) is 9.19. The van der Waals surface area contributed by atoms with E-state index >= 15 is 0 Å². The number of urea groups is 1. The van der Waals surface area contributed by atoms with Gasteiger partial charge in [-0.1, -0.05) is 6.07 Å². The van der Waals surface area contributed by atoms with E-state index in [4.69, 9.17) is 4.99 Å². The van der Waals surface area contributed by atoms with Crippen LogP contribution in [0.4, 0.5) is 10.5 Å². The second-order valence-electron chi connectivity index (χ2n) is 7.67. The number of benzene rings is 1. The van der Waals surface area contributed by atoms with Crippen molar-refractivity contribution in [1.29, 1.82) is 0 Å². The Balaban J connectivity index is 1.74. The van der Waals surface area contributed by atoms with Crippen LogP contribution in [0, 0.1) is 13.8 Å². The fraction of sp³-hybridized carbons (Fsp3) is 0.400. The Kier molecular flexibility index (Phi) is 4.02. The normalized spacial score (nSPS) is 23.8. The van der Waals surface area contributed by atoms with Gasteiger partial charge in [0.2, 0.25) is 5.96 Å². The molecule has 0 radical (unpaired) electrons. The molecule has 1 aromatic rings. The summed E-state index contributed by atoms with van der Waals surface area (Å²) in [6.45, 7) is 7.18. The summed E-state index contributed by atoms with van der Waals surface area (Å²) < 4.78 is 0. The molecule has 2 unspecified atom stereocenters. The third-order valence-corrected chi connectivity index (χ3v) is 5.23. The molecule has 8 heteroatoms. The number of hydrogen-bond acceptors (Lipinski definition) is 6. The zero-order chi connectivity index (χ0) is 20.3. The van der Waals surface area contributed by atoms with Crippen molar-refractivity contribution in [2.24, 2.45) is 4.99 Å². The molecule has 2 atom stereocenters. The number of fused-ring (bicyclic) bond motifs is 3. The van der Waals surface area contributed by atoms with Gasteiger partial charge in [-0.2, -0.15) is 0 Å². The number of carbonyl (C=O) groups excluding carboxylic acids is 3. The number of amides is 3.